The molecule has 0 atom stereocenters. The molecule has 2 aromatic rings. The Morgan fingerprint density at radius 2 is 1.96 bits per heavy atom. The van der Waals surface area contributed by atoms with Crippen LogP contribution in [0, 0.1) is 5.13 Å². The van der Waals surface area contributed by atoms with Crippen LogP contribution in [0.25, 0.3) is 0 Å². The number of thiazole rings is 1. The topological polar surface area (TPSA) is 97.7 Å². The van der Waals surface area contributed by atoms with Gasteiger partial charge in [0.05, 0.1) is 11.1 Å². The highest BCUT2D eigenvalue weighted by molar-refractivity contribution is 7.90. The van der Waals surface area contributed by atoms with Crippen molar-refractivity contribution < 1.29 is 22.4 Å². The van der Waals surface area contributed by atoms with Crippen molar-refractivity contribution in [2.75, 3.05) is 11.6 Å². The van der Waals surface area contributed by atoms with Crippen molar-refractivity contribution >= 4 is 37.9 Å². The molecule has 0 unspecified atom stereocenters. The molecule has 27 heavy (non-hydrogen) atoms. The minimum absolute atomic E-state index is 0.0300. The molecule has 1 aromatic heterocycles. The van der Waals surface area contributed by atoms with E-state index in [1.807, 2.05) is 0 Å². The monoisotopic (exact) mass is 411 g/mol. The van der Waals surface area contributed by atoms with Crippen LogP contribution in [-0.2, 0) is 19.5 Å². The van der Waals surface area contributed by atoms with Crippen LogP contribution in [0.5, 0.6) is 0 Å². The number of hydrogen-bond acceptors (Lipinski definition) is 7. The molecule has 1 amide bonds. The molecule has 0 saturated heterocycles. The third-order valence-electron chi connectivity index (χ3n) is 4.06. The molecular weight excluding hydrogens is 393 g/mol. The maximum absolute atomic E-state index is 13.1. The molecule has 10 heteroatoms. The molecule has 144 valence electrons. The van der Waals surface area contributed by atoms with Gasteiger partial charge in [0.15, 0.2) is 25.8 Å². The summed E-state index contributed by atoms with van der Waals surface area (Å²) in [4.78, 5) is 22.0. The number of aromatic nitrogens is 1. The number of carbonyl (C=O) groups excluding carboxylic acids is 1. The Morgan fingerprint density at radius 3 is 2.52 bits per heavy atom. The first-order valence-electron chi connectivity index (χ1n) is 8.30. The third-order valence-corrected chi connectivity index (χ3v) is 5.89. The number of nitrogens with zero attached hydrogens (tertiary/aromatic N) is 2. The summed E-state index contributed by atoms with van der Waals surface area (Å²) in [6.45, 7) is 0. The Labute approximate surface area is 160 Å². The predicted molar refractivity (Wildman–Crippen MR) is 100 cm³/mol. The van der Waals surface area contributed by atoms with Gasteiger partial charge in [0.25, 0.3) is 5.91 Å². The molecule has 0 aliphatic heterocycles. The lowest BCUT2D eigenvalue weighted by Gasteiger charge is -2.10. The summed E-state index contributed by atoms with van der Waals surface area (Å²) in [5.74, 6) is -0.616. The molecule has 1 fully saturated rings. The first-order valence-corrected chi connectivity index (χ1v) is 11.0. The van der Waals surface area contributed by atoms with Crippen molar-refractivity contribution in [2.45, 2.75) is 36.7 Å². The van der Waals surface area contributed by atoms with Gasteiger partial charge in [0.2, 0.25) is 0 Å². The highest BCUT2D eigenvalue weighted by Gasteiger charge is 2.21. The van der Waals surface area contributed by atoms with Crippen LogP contribution in [-0.4, -0.2) is 37.4 Å². The van der Waals surface area contributed by atoms with Gasteiger partial charge < -0.3 is 4.84 Å². The lowest BCUT2D eigenvalue weighted by atomic mass is 10.1. The number of rotatable bonds is 6. The van der Waals surface area contributed by atoms with Gasteiger partial charge in [0.1, 0.15) is 6.10 Å². The fourth-order valence-electron chi connectivity index (χ4n) is 2.67. The second-order valence-corrected chi connectivity index (χ2v) is 9.17. The van der Waals surface area contributed by atoms with E-state index in [0.717, 1.165) is 38.1 Å². The van der Waals surface area contributed by atoms with Crippen LogP contribution in [0.15, 0.2) is 40.5 Å². The van der Waals surface area contributed by atoms with Crippen molar-refractivity contribution in [3.05, 3.63) is 41.2 Å². The molecule has 0 bridgehead atoms. The number of nitrogens with one attached hydrogen (secondary N) is 1. The smallest absolute Gasteiger partial charge is 0.280 e. The highest BCUT2D eigenvalue weighted by Crippen LogP contribution is 2.22. The molecule has 1 saturated carbocycles. The number of benzene rings is 1. The zero-order valence-corrected chi connectivity index (χ0v) is 16.1. The van der Waals surface area contributed by atoms with Crippen LogP contribution in [0.2, 0.25) is 0 Å². The zero-order valence-electron chi connectivity index (χ0n) is 14.5. The summed E-state index contributed by atoms with van der Waals surface area (Å²) < 4.78 is 36.3. The Bertz CT molecular complexity index is 949. The maximum atomic E-state index is 13.1. The summed E-state index contributed by atoms with van der Waals surface area (Å²) >= 11 is 0.693. The zero-order chi connectivity index (χ0) is 19.4. The SMILES string of the molecule is CS(=O)(=O)c1ccc(/C(=N\OC2CCCC2)C(=O)Nc2ncc(F)s2)cc1. The van der Waals surface area contributed by atoms with E-state index in [0.29, 0.717) is 16.9 Å². The molecule has 1 aromatic carbocycles. The maximum Gasteiger partial charge on any atom is 0.280 e. The molecule has 1 aliphatic rings. The summed E-state index contributed by atoms with van der Waals surface area (Å²) in [6, 6.07) is 5.75. The van der Waals surface area contributed by atoms with Crippen LogP contribution in [0.4, 0.5) is 9.52 Å². The van der Waals surface area contributed by atoms with E-state index in [-0.39, 0.29) is 21.8 Å². The van der Waals surface area contributed by atoms with Crippen molar-refractivity contribution in [3.8, 4) is 0 Å². The first kappa shape index (κ1) is 19.4. The standard InChI is InChI=1S/C17H18FN3O4S2/c1-27(23,24)13-8-6-11(7-9-13)15(21-25-12-4-2-3-5-12)16(22)20-17-19-10-14(18)26-17/h6-10,12H,2-5H2,1H3,(H,19,20,22)/b21-15+. The van der Waals surface area contributed by atoms with Gasteiger partial charge in [-0.05, 0) is 37.8 Å². The molecule has 7 nitrogen and oxygen atoms in total. The number of carbonyl (C=O) groups is 1. The Kier molecular flexibility index (Phi) is 5.85. The lowest BCUT2D eigenvalue weighted by molar-refractivity contribution is -0.110. The summed E-state index contributed by atoms with van der Waals surface area (Å²) in [7, 11) is -3.36. The van der Waals surface area contributed by atoms with Crippen LogP contribution in [0.1, 0.15) is 31.2 Å². The number of anilines is 1. The number of amides is 1. The third kappa shape index (κ3) is 5.10. The van der Waals surface area contributed by atoms with Crippen LogP contribution in [0.3, 0.4) is 0 Å². The van der Waals surface area contributed by atoms with Crippen molar-refractivity contribution in [1.82, 2.24) is 4.98 Å². The molecule has 1 N–H and O–H groups in total. The summed E-state index contributed by atoms with van der Waals surface area (Å²) in [6.07, 6.45) is 5.87. The predicted octanol–water partition coefficient (Wildman–Crippen LogP) is 2.99. The molecule has 1 aliphatic carbocycles. The summed E-state index contributed by atoms with van der Waals surface area (Å²) in [5.41, 5.74) is 0.354. The van der Waals surface area contributed by atoms with Crippen molar-refractivity contribution in [1.29, 1.82) is 0 Å². The number of oxime groups is 1. The number of halogens is 1. The van der Waals surface area contributed by atoms with Gasteiger partial charge in [-0.3, -0.25) is 10.1 Å². The number of sulfone groups is 1. The number of hydrogen-bond donors (Lipinski definition) is 1. The van der Waals surface area contributed by atoms with Crippen LogP contribution >= 0.6 is 11.3 Å². The minimum atomic E-state index is -3.36. The molecule has 0 spiro atoms. The first-order chi connectivity index (χ1) is 12.8. The van der Waals surface area contributed by atoms with Crippen molar-refractivity contribution in [3.63, 3.8) is 0 Å². The fraction of sp³-hybridized carbons (Fsp3) is 0.353. The molecule has 0 radical (unpaired) electrons. The molecular formula is C17H18FN3O4S2. The summed E-state index contributed by atoms with van der Waals surface area (Å²) in [5, 5.41) is 6.06. The van der Waals surface area contributed by atoms with Gasteiger partial charge >= 0.3 is 0 Å². The van der Waals surface area contributed by atoms with Gasteiger partial charge in [-0.15, -0.1) is 0 Å². The van der Waals surface area contributed by atoms with Crippen molar-refractivity contribution in [2.24, 2.45) is 5.16 Å². The Morgan fingerprint density at radius 1 is 1.30 bits per heavy atom. The van der Waals surface area contributed by atoms with E-state index in [4.69, 9.17) is 4.84 Å². The Balaban J connectivity index is 1.86. The van der Waals surface area contributed by atoms with E-state index in [2.05, 4.69) is 15.5 Å². The van der Waals surface area contributed by atoms with E-state index < -0.39 is 20.9 Å². The largest absolute Gasteiger partial charge is 0.392 e. The van der Waals surface area contributed by atoms with E-state index in [1.54, 1.807) is 0 Å². The Hall–Kier alpha value is -2.33. The van der Waals surface area contributed by atoms with Crippen LogP contribution < -0.4 is 5.32 Å². The normalized spacial score (nSPS) is 15.7. The second-order valence-electron chi connectivity index (χ2n) is 6.17. The van der Waals surface area contributed by atoms with Gasteiger partial charge in [-0.1, -0.05) is 28.6 Å². The van der Waals surface area contributed by atoms with E-state index in [9.17, 15) is 17.6 Å². The highest BCUT2D eigenvalue weighted by atomic mass is 32.2. The average molecular weight is 411 g/mol. The van der Waals surface area contributed by atoms with Gasteiger partial charge in [-0.2, -0.15) is 4.39 Å². The second kappa shape index (κ2) is 8.13. The molecule has 1 heterocycles. The van der Waals surface area contributed by atoms with E-state index in [1.165, 1.54) is 24.3 Å². The molecule has 3 rings (SSSR count). The lowest BCUT2D eigenvalue weighted by Crippen LogP contribution is -2.25. The minimum Gasteiger partial charge on any atom is -0.392 e. The van der Waals surface area contributed by atoms with Gasteiger partial charge in [-0.25, -0.2) is 13.4 Å². The quantitative estimate of drug-likeness (QED) is 0.582. The van der Waals surface area contributed by atoms with E-state index >= 15 is 0 Å². The average Bonchev–Trinajstić information content (AvgIpc) is 3.26. The van der Waals surface area contributed by atoms with Gasteiger partial charge in [0, 0.05) is 11.8 Å². The fourth-order valence-corrected chi connectivity index (χ4v) is 3.84.